The number of ether oxygens (including phenoxy) is 1. The summed E-state index contributed by atoms with van der Waals surface area (Å²) >= 11 is 2.76. The molecule has 0 aromatic carbocycles. The van der Waals surface area contributed by atoms with Crippen molar-refractivity contribution in [1.29, 1.82) is 0 Å². The molecule has 0 radical (unpaired) electrons. The van der Waals surface area contributed by atoms with Crippen LogP contribution in [-0.4, -0.2) is 50.3 Å². The van der Waals surface area contributed by atoms with E-state index in [9.17, 15) is 18.0 Å². The Morgan fingerprint density at radius 3 is 2.55 bits per heavy atom. The molecule has 0 saturated heterocycles. The number of aliphatic hydroxyl groups is 1. The van der Waals surface area contributed by atoms with Crippen LogP contribution < -0.4 is 4.72 Å². The molecule has 0 amide bonds. The highest BCUT2D eigenvalue weighted by Crippen LogP contribution is 2.26. The van der Waals surface area contributed by atoms with Crippen molar-refractivity contribution in [2.75, 3.05) is 13.7 Å². The highest BCUT2D eigenvalue weighted by Gasteiger charge is 2.30. The number of carboxylic acids is 1. The Morgan fingerprint density at radius 1 is 1.55 bits per heavy atom. The SMILES string of the molecule is COC(=O)C(CO)NS(=O)(=O)c1cc(C(=O)O)oc1Br. The van der Waals surface area contributed by atoms with Crippen LogP contribution in [0.1, 0.15) is 10.6 Å². The van der Waals surface area contributed by atoms with Crippen molar-refractivity contribution < 1.29 is 37.4 Å². The van der Waals surface area contributed by atoms with E-state index in [1.165, 1.54) is 0 Å². The van der Waals surface area contributed by atoms with Gasteiger partial charge >= 0.3 is 11.9 Å². The van der Waals surface area contributed by atoms with E-state index in [4.69, 9.17) is 10.2 Å². The summed E-state index contributed by atoms with van der Waals surface area (Å²) in [5.41, 5.74) is 0. The minimum absolute atomic E-state index is 0.344. The van der Waals surface area contributed by atoms with Gasteiger partial charge in [-0.05, 0) is 15.9 Å². The lowest BCUT2D eigenvalue weighted by atomic mass is 10.3. The van der Waals surface area contributed by atoms with Crippen molar-refractivity contribution in [3.63, 3.8) is 0 Å². The third-order valence-corrected chi connectivity index (χ3v) is 4.45. The fraction of sp³-hybridized carbons (Fsp3) is 0.333. The summed E-state index contributed by atoms with van der Waals surface area (Å²) in [4.78, 5) is 21.4. The number of carbonyl (C=O) groups is 2. The fourth-order valence-electron chi connectivity index (χ4n) is 1.19. The van der Waals surface area contributed by atoms with Crippen LogP contribution in [0.4, 0.5) is 0 Å². The lowest BCUT2D eigenvalue weighted by Gasteiger charge is -2.13. The number of aliphatic hydroxyl groups excluding tert-OH is 1. The average molecular weight is 372 g/mol. The molecule has 0 bridgehead atoms. The number of rotatable bonds is 6. The molecule has 1 aromatic rings. The highest BCUT2D eigenvalue weighted by molar-refractivity contribution is 9.10. The number of sulfonamides is 1. The van der Waals surface area contributed by atoms with E-state index in [1.54, 1.807) is 0 Å². The first-order chi connectivity index (χ1) is 9.22. The molecule has 3 N–H and O–H groups in total. The number of esters is 1. The number of hydrogen-bond donors (Lipinski definition) is 3. The van der Waals surface area contributed by atoms with Crippen LogP contribution in [0.3, 0.4) is 0 Å². The largest absolute Gasteiger partial charge is 0.475 e. The molecule has 0 aliphatic rings. The number of nitrogens with one attached hydrogen (secondary N) is 1. The normalized spacial score (nSPS) is 12.9. The van der Waals surface area contributed by atoms with Gasteiger partial charge in [0.1, 0.15) is 10.9 Å². The molecule has 112 valence electrons. The number of furan rings is 1. The first-order valence-electron chi connectivity index (χ1n) is 4.96. The van der Waals surface area contributed by atoms with Crippen LogP contribution in [0, 0.1) is 0 Å². The maximum Gasteiger partial charge on any atom is 0.371 e. The molecule has 20 heavy (non-hydrogen) atoms. The van der Waals surface area contributed by atoms with Gasteiger partial charge in [0.15, 0.2) is 4.67 Å². The molecule has 0 aliphatic carbocycles. The van der Waals surface area contributed by atoms with Crippen molar-refractivity contribution in [1.82, 2.24) is 4.72 Å². The van der Waals surface area contributed by atoms with Crippen molar-refractivity contribution in [2.45, 2.75) is 10.9 Å². The van der Waals surface area contributed by atoms with Crippen LogP contribution in [-0.2, 0) is 19.6 Å². The number of methoxy groups -OCH3 is 1. The van der Waals surface area contributed by atoms with E-state index in [0.717, 1.165) is 13.2 Å². The molecule has 11 heteroatoms. The second-order valence-corrected chi connectivity index (χ2v) is 5.84. The van der Waals surface area contributed by atoms with Crippen molar-refractivity contribution >= 4 is 37.9 Å². The molecule has 1 atom stereocenters. The lowest BCUT2D eigenvalue weighted by molar-refractivity contribution is -0.143. The number of carbonyl (C=O) groups excluding carboxylic acids is 1. The third-order valence-electron chi connectivity index (χ3n) is 2.12. The summed E-state index contributed by atoms with van der Waals surface area (Å²) in [6.45, 7) is -0.826. The van der Waals surface area contributed by atoms with E-state index in [-0.39, 0.29) is 4.67 Å². The number of hydrogen-bond acceptors (Lipinski definition) is 7. The van der Waals surface area contributed by atoms with Gasteiger partial charge in [-0.15, -0.1) is 0 Å². The van der Waals surface area contributed by atoms with E-state index in [2.05, 4.69) is 25.1 Å². The van der Waals surface area contributed by atoms with E-state index >= 15 is 0 Å². The molecular weight excluding hydrogens is 362 g/mol. The number of aromatic carboxylic acids is 1. The summed E-state index contributed by atoms with van der Waals surface area (Å²) in [6, 6.07) is -0.749. The molecular formula is C9H10BrNO8S. The Hall–Kier alpha value is -1.43. The monoisotopic (exact) mass is 371 g/mol. The summed E-state index contributed by atoms with van der Waals surface area (Å²) < 4.78 is 34.4. The molecule has 1 aromatic heterocycles. The number of carboxylic acid groups (broad SMARTS) is 1. The van der Waals surface area contributed by atoms with Crippen LogP contribution in [0.2, 0.25) is 0 Å². The molecule has 1 rings (SSSR count). The molecule has 1 heterocycles. The molecule has 0 aliphatic heterocycles. The second-order valence-electron chi connectivity index (χ2n) is 3.43. The van der Waals surface area contributed by atoms with Crippen LogP contribution in [0.5, 0.6) is 0 Å². The minimum atomic E-state index is -4.28. The second kappa shape index (κ2) is 6.35. The van der Waals surface area contributed by atoms with Crippen LogP contribution in [0.25, 0.3) is 0 Å². The average Bonchev–Trinajstić information content (AvgIpc) is 2.78. The van der Waals surface area contributed by atoms with E-state index in [1.807, 2.05) is 4.72 Å². The zero-order valence-corrected chi connectivity index (χ0v) is 12.4. The van der Waals surface area contributed by atoms with Gasteiger partial charge in [0.25, 0.3) is 0 Å². The predicted molar refractivity (Wildman–Crippen MR) is 66.6 cm³/mol. The molecule has 0 fully saturated rings. The van der Waals surface area contributed by atoms with Crippen molar-refractivity contribution in [3.8, 4) is 0 Å². The first-order valence-corrected chi connectivity index (χ1v) is 7.24. The van der Waals surface area contributed by atoms with Gasteiger partial charge in [0, 0.05) is 6.07 Å². The van der Waals surface area contributed by atoms with Gasteiger partial charge in [-0.25, -0.2) is 13.2 Å². The first kappa shape index (κ1) is 16.6. The third kappa shape index (κ3) is 3.56. The zero-order valence-electron chi connectivity index (χ0n) is 9.99. The quantitative estimate of drug-likeness (QED) is 0.570. The Morgan fingerprint density at radius 2 is 2.15 bits per heavy atom. The molecule has 1 unspecified atom stereocenters. The standard InChI is InChI=1S/C9H10BrNO8S/c1-18-9(15)4(3-12)11-20(16,17)6-2-5(8(13)14)19-7(6)10/h2,4,11-12H,3H2,1H3,(H,13,14). The highest BCUT2D eigenvalue weighted by atomic mass is 79.9. The molecule has 0 spiro atoms. The topological polar surface area (TPSA) is 143 Å². The van der Waals surface area contributed by atoms with Crippen molar-refractivity contribution in [3.05, 3.63) is 16.5 Å². The lowest BCUT2D eigenvalue weighted by Crippen LogP contribution is -2.43. The van der Waals surface area contributed by atoms with Gasteiger partial charge in [-0.1, -0.05) is 0 Å². The van der Waals surface area contributed by atoms with E-state index < -0.39 is 45.3 Å². The van der Waals surface area contributed by atoms with Gasteiger partial charge in [0.05, 0.1) is 13.7 Å². The van der Waals surface area contributed by atoms with Gasteiger partial charge in [-0.2, -0.15) is 4.72 Å². The molecule has 0 saturated carbocycles. The predicted octanol–water partition coefficient (Wildman–Crippen LogP) is -0.448. The Kier molecular flexibility index (Phi) is 5.28. The Bertz CT molecular complexity index is 622. The minimum Gasteiger partial charge on any atom is -0.475 e. The summed E-state index contributed by atoms with van der Waals surface area (Å²) in [6.07, 6.45) is 0. The smallest absolute Gasteiger partial charge is 0.371 e. The maximum absolute atomic E-state index is 12.0. The molecule has 9 nitrogen and oxygen atoms in total. The van der Waals surface area contributed by atoms with Gasteiger partial charge in [0.2, 0.25) is 15.8 Å². The Balaban J connectivity index is 3.11. The van der Waals surface area contributed by atoms with E-state index in [0.29, 0.717) is 0 Å². The summed E-state index contributed by atoms with van der Waals surface area (Å²) in [5, 5.41) is 17.6. The maximum atomic E-state index is 12.0. The fourth-order valence-corrected chi connectivity index (χ4v) is 3.31. The van der Waals surface area contributed by atoms with Crippen LogP contribution >= 0.6 is 15.9 Å². The Labute approximate surface area is 121 Å². The zero-order chi connectivity index (χ0) is 15.5. The number of halogens is 1. The van der Waals surface area contributed by atoms with Gasteiger partial charge < -0.3 is 19.4 Å². The van der Waals surface area contributed by atoms with Crippen LogP contribution in [0.15, 0.2) is 20.0 Å². The van der Waals surface area contributed by atoms with Crippen molar-refractivity contribution in [2.24, 2.45) is 0 Å². The van der Waals surface area contributed by atoms with Gasteiger partial charge in [-0.3, -0.25) is 4.79 Å². The summed E-state index contributed by atoms with van der Waals surface area (Å²) in [7, 11) is -3.26. The summed E-state index contributed by atoms with van der Waals surface area (Å²) in [5.74, 6) is -3.05.